The molecular formula is C21H23Cl2NO4S. The number of rotatable bonds is 5. The molecule has 1 heterocycles. The van der Waals surface area contributed by atoms with E-state index in [4.69, 9.17) is 32.7 Å². The first-order valence-electron chi connectivity index (χ1n) is 9.56. The van der Waals surface area contributed by atoms with Crippen molar-refractivity contribution in [1.82, 2.24) is 0 Å². The summed E-state index contributed by atoms with van der Waals surface area (Å²) < 4.78 is 10.7. The first-order valence-corrected chi connectivity index (χ1v) is 11.1. The number of fused-ring (bicyclic) bond motifs is 1. The predicted molar refractivity (Wildman–Crippen MR) is 117 cm³/mol. The van der Waals surface area contributed by atoms with E-state index >= 15 is 0 Å². The molecular weight excluding hydrogens is 433 g/mol. The Balaban J connectivity index is 1.81. The van der Waals surface area contributed by atoms with E-state index in [1.807, 2.05) is 0 Å². The Labute approximate surface area is 184 Å². The third-order valence-electron chi connectivity index (χ3n) is 4.86. The van der Waals surface area contributed by atoms with Crippen LogP contribution in [-0.4, -0.2) is 25.1 Å². The van der Waals surface area contributed by atoms with Gasteiger partial charge in [0, 0.05) is 9.90 Å². The number of esters is 1. The van der Waals surface area contributed by atoms with Gasteiger partial charge in [0.15, 0.2) is 6.10 Å². The third kappa shape index (κ3) is 5.24. The van der Waals surface area contributed by atoms with Crippen molar-refractivity contribution in [3.63, 3.8) is 0 Å². The van der Waals surface area contributed by atoms with Gasteiger partial charge in [-0.2, -0.15) is 0 Å². The highest BCUT2D eigenvalue weighted by Crippen LogP contribution is 2.38. The van der Waals surface area contributed by atoms with E-state index in [0.717, 1.165) is 42.5 Å². The Bertz CT molecular complexity index is 912. The van der Waals surface area contributed by atoms with Crippen LogP contribution in [0, 0.1) is 0 Å². The number of hydrogen-bond acceptors (Lipinski definition) is 5. The van der Waals surface area contributed by atoms with Crippen LogP contribution in [0.4, 0.5) is 5.00 Å². The number of nitrogens with one attached hydrogen (secondary N) is 1. The number of benzene rings is 1. The summed E-state index contributed by atoms with van der Waals surface area (Å²) in [6.45, 7) is 1.63. The summed E-state index contributed by atoms with van der Waals surface area (Å²) in [6.07, 6.45) is 5.34. The molecule has 1 aliphatic carbocycles. The quantitative estimate of drug-likeness (QED) is 0.569. The lowest BCUT2D eigenvalue weighted by atomic mass is 9.96. The summed E-state index contributed by atoms with van der Waals surface area (Å²) in [5.74, 6) is -0.423. The molecule has 156 valence electrons. The number of hydrogen-bond donors (Lipinski definition) is 1. The molecule has 0 saturated carbocycles. The molecule has 29 heavy (non-hydrogen) atoms. The van der Waals surface area contributed by atoms with E-state index < -0.39 is 12.1 Å². The summed E-state index contributed by atoms with van der Waals surface area (Å²) in [7, 11) is 1.36. The number of carbonyl (C=O) groups is 2. The summed E-state index contributed by atoms with van der Waals surface area (Å²) in [5, 5.41) is 4.19. The van der Waals surface area contributed by atoms with Crippen molar-refractivity contribution in [3.8, 4) is 5.75 Å². The molecule has 0 radical (unpaired) electrons. The number of methoxy groups -OCH3 is 1. The lowest BCUT2D eigenvalue weighted by Gasteiger charge is -2.16. The molecule has 0 aliphatic heterocycles. The molecule has 0 spiro atoms. The van der Waals surface area contributed by atoms with Crippen LogP contribution in [0.3, 0.4) is 0 Å². The van der Waals surface area contributed by atoms with Crippen molar-refractivity contribution >= 4 is 51.4 Å². The highest BCUT2D eigenvalue weighted by Gasteiger charge is 2.27. The molecule has 1 amide bonds. The monoisotopic (exact) mass is 455 g/mol. The molecule has 1 aromatic heterocycles. The van der Waals surface area contributed by atoms with Crippen molar-refractivity contribution in [2.24, 2.45) is 0 Å². The molecule has 1 atom stereocenters. The van der Waals surface area contributed by atoms with Crippen LogP contribution in [0.25, 0.3) is 0 Å². The molecule has 3 rings (SSSR count). The maximum Gasteiger partial charge on any atom is 0.341 e. The normalized spacial score (nSPS) is 14.9. The van der Waals surface area contributed by atoms with Crippen LogP contribution in [-0.2, 0) is 22.4 Å². The minimum absolute atomic E-state index is 0.325. The topological polar surface area (TPSA) is 64.6 Å². The van der Waals surface area contributed by atoms with Gasteiger partial charge in [-0.05, 0) is 56.4 Å². The van der Waals surface area contributed by atoms with E-state index in [1.165, 1.54) is 24.9 Å². The van der Waals surface area contributed by atoms with Gasteiger partial charge in [-0.3, -0.25) is 4.79 Å². The summed E-state index contributed by atoms with van der Waals surface area (Å²) in [5.41, 5.74) is 1.48. The Morgan fingerprint density at radius 3 is 2.55 bits per heavy atom. The number of aryl methyl sites for hydroxylation is 1. The van der Waals surface area contributed by atoms with Crippen LogP contribution < -0.4 is 10.1 Å². The van der Waals surface area contributed by atoms with Crippen LogP contribution in [0.15, 0.2) is 18.2 Å². The molecule has 1 aliphatic rings. The number of amides is 1. The van der Waals surface area contributed by atoms with E-state index in [2.05, 4.69) is 5.32 Å². The van der Waals surface area contributed by atoms with Crippen molar-refractivity contribution in [2.75, 3.05) is 12.4 Å². The maximum absolute atomic E-state index is 12.8. The first-order chi connectivity index (χ1) is 13.9. The molecule has 1 aromatic carbocycles. The number of thiophene rings is 1. The van der Waals surface area contributed by atoms with Crippen LogP contribution in [0.2, 0.25) is 10.0 Å². The van der Waals surface area contributed by atoms with Gasteiger partial charge in [0.2, 0.25) is 0 Å². The zero-order chi connectivity index (χ0) is 21.0. The molecule has 2 aromatic rings. The fraction of sp³-hybridized carbons (Fsp3) is 0.429. The molecule has 8 heteroatoms. The van der Waals surface area contributed by atoms with Gasteiger partial charge in [0.25, 0.3) is 5.91 Å². The average Bonchev–Trinajstić information content (AvgIpc) is 2.99. The van der Waals surface area contributed by atoms with Crippen LogP contribution in [0.5, 0.6) is 5.75 Å². The largest absolute Gasteiger partial charge is 0.479 e. The number of ether oxygens (including phenoxy) is 2. The molecule has 0 bridgehead atoms. The van der Waals surface area contributed by atoms with E-state index in [-0.39, 0.29) is 5.91 Å². The van der Waals surface area contributed by atoms with Gasteiger partial charge in [0.1, 0.15) is 10.8 Å². The molecule has 0 saturated heterocycles. The van der Waals surface area contributed by atoms with Crippen LogP contribution >= 0.6 is 34.5 Å². The highest BCUT2D eigenvalue weighted by atomic mass is 35.5. The maximum atomic E-state index is 12.8. The van der Waals surface area contributed by atoms with E-state index in [1.54, 1.807) is 25.1 Å². The highest BCUT2D eigenvalue weighted by molar-refractivity contribution is 7.17. The number of halogens is 2. The molecule has 0 fully saturated rings. The minimum atomic E-state index is -0.816. The average molecular weight is 456 g/mol. The smallest absolute Gasteiger partial charge is 0.341 e. The summed E-state index contributed by atoms with van der Waals surface area (Å²) >= 11 is 13.5. The Morgan fingerprint density at radius 1 is 1.14 bits per heavy atom. The van der Waals surface area contributed by atoms with Gasteiger partial charge in [0.05, 0.1) is 17.7 Å². The van der Waals surface area contributed by atoms with Gasteiger partial charge >= 0.3 is 5.97 Å². The van der Waals surface area contributed by atoms with Crippen molar-refractivity contribution in [1.29, 1.82) is 0 Å². The second kappa shape index (κ2) is 9.83. The fourth-order valence-electron chi connectivity index (χ4n) is 3.35. The summed E-state index contributed by atoms with van der Waals surface area (Å²) in [6, 6.07) is 4.81. The zero-order valence-electron chi connectivity index (χ0n) is 16.3. The van der Waals surface area contributed by atoms with Gasteiger partial charge in [-0.25, -0.2) is 4.79 Å². The van der Waals surface area contributed by atoms with Crippen molar-refractivity contribution < 1.29 is 19.1 Å². The predicted octanol–water partition coefficient (Wildman–Crippen LogP) is 5.91. The zero-order valence-corrected chi connectivity index (χ0v) is 18.7. The van der Waals surface area contributed by atoms with Crippen molar-refractivity contribution in [2.45, 2.75) is 51.6 Å². The lowest BCUT2D eigenvalue weighted by Crippen LogP contribution is -2.30. The summed E-state index contributed by atoms with van der Waals surface area (Å²) in [4.78, 5) is 26.4. The second-order valence-electron chi connectivity index (χ2n) is 6.94. The number of carbonyl (C=O) groups excluding carboxylic acids is 2. The molecule has 5 nitrogen and oxygen atoms in total. The Hall–Kier alpha value is -1.76. The first kappa shape index (κ1) is 21.9. The van der Waals surface area contributed by atoms with Gasteiger partial charge in [-0.15, -0.1) is 11.3 Å². The lowest BCUT2D eigenvalue weighted by molar-refractivity contribution is -0.122. The van der Waals surface area contributed by atoms with Crippen LogP contribution in [0.1, 0.15) is 53.4 Å². The molecule has 1 unspecified atom stereocenters. The standard InChI is InChI=1S/C21H23Cl2NO4S/c1-12(28-16-10-9-13(22)11-15(16)23)19(25)24-20-18(21(26)27-2)14-7-5-3-4-6-8-17(14)29-20/h9-12H,3-8H2,1-2H3,(H,24,25). The van der Waals surface area contributed by atoms with E-state index in [9.17, 15) is 9.59 Å². The minimum Gasteiger partial charge on any atom is -0.479 e. The number of anilines is 1. The fourth-order valence-corrected chi connectivity index (χ4v) is 5.09. The van der Waals surface area contributed by atoms with Gasteiger partial charge < -0.3 is 14.8 Å². The Kier molecular flexibility index (Phi) is 7.44. The van der Waals surface area contributed by atoms with Gasteiger partial charge in [-0.1, -0.05) is 36.0 Å². The third-order valence-corrected chi connectivity index (χ3v) is 6.60. The SMILES string of the molecule is COC(=O)c1c(NC(=O)C(C)Oc2ccc(Cl)cc2Cl)sc2c1CCCCCC2. The molecule has 1 N–H and O–H groups in total. The van der Waals surface area contributed by atoms with E-state index in [0.29, 0.717) is 26.4 Å². The Morgan fingerprint density at radius 2 is 1.86 bits per heavy atom. The van der Waals surface area contributed by atoms with Crippen molar-refractivity contribution in [3.05, 3.63) is 44.2 Å². The second-order valence-corrected chi connectivity index (χ2v) is 8.89.